The Labute approximate surface area is 168 Å². The second-order valence-corrected chi connectivity index (χ2v) is 6.90. The zero-order chi connectivity index (χ0) is 20.7. The van der Waals surface area contributed by atoms with Crippen molar-refractivity contribution in [2.75, 3.05) is 0 Å². The third-order valence-electron chi connectivity index (χ3n) is 5.00. The summed E-state index contributed by atoms with van der Waals surface area (Å²) >= 11 is 0. The topological polar surface area (TPSA) is 66.0 Å². The molecule has 5 rings (SSSR count). The van der Waals surface area contributed by atoms with Crippen LogP contribution in [0.5, 0.6) is 0 Å². The molecule has 0 fully saturated rings. The average molecular weight is 412 g/mol. The lowest BCUT2D eigenvalue weighted by atomic mass is 10.1. The summed E-state index contributed by atoms with van der Waals surface area (Å²) in [4.78, 5) is 8.70. The van der Waals surface area contributed by atoms with Crippen LogP contribution in [-0.4, -0.2) is 19.7 Å². The Kier molecular flexibility index (Phi) is 4.39. The average Bonchev–Trinajstić information content (AvgIpc) is 3.40. The molecule has 0 radical (unpaired) electrons. The molecule has 1 atom stereocenters. The Morgan fingerprint density at radius 3 is 2.50 bits per heavy atom. The van der Waals surface area contributed by atoms with Crippen LogP contribution in [0.15, 0.2) is 65.4 Å². The first kappa shape index (κ1) is 18.6. The van der Waals surface area contributed by atoms with E-state index in [2.05, 4.69) is 15.1 Å². The molecule has 0 amide bonds. The van der Waals surface area contributed by atoms with Crippen molar-refractivity contribution < 1.29 is 22.4 Å². The van der Waals surface area contributed by atoms with E-state index in [1.54, 1.807) is 6.33 Å². The smallest absolute Gasteiger partial charge is 0.365 e. The minimum Gasteiger partial charge on any atom is -0.365 e. The van der Waals surface area contributed by atoms with Crippen molar-refractivity contribution >= 4 is 0 Å². The van der Waals surface area contributed by atoms with E-state index in [1.807, 2.05) is 34.9 Å². The molecule has 3 heterocycles. The van der Waals surface area contributed by atoms with Gasteiger partial charge in [0.05, 0.1) is 30.7 Å². The number of halogens is 3. The molecule has 1 aliphatic rings. The van der Waals surface area contributed by atoms with Gasteiger partial charge < -0.3 is 13.8 Å². The van der Waals surface area contributed by atoms with Crippen LogP contribution in [-0.2, 0) is 24.1 Å². The van der Waals surface area contributed by atoms with Gasteiger partial charge in [0.1, 0.15) is 6.10 Å². The molecule has 0 saturated carbocycles. The number of aromatic nitrogens is 4. The van der Waals surface area contributed by atoms with Gasteiger partial charge in [-0.2, -0.15) is 18.2 Å². The summed E-state index contributed by atoms with van der Waals surface area (Å²) in [5, 5.41) is 3.89. The van der Waals surface area contributed by atoms with Crippen LogP contribution < -0.4 is 0 Å². The molecule has 1 aliphatic heterocycles. The maximum atomic E-state index is 12.7. The largest absolute Gasteiger partial charge is 0.416 e. The van der Waals surface area contributed by atoms with Gasteiger partial charge in [-0.15, -0.1) is 0 Å². The maximum absolute atomic E-state index is 12.7. The Balaban J connectivity index is 1.39. The number of imidazole rings is 1. The molecule has 0 saturated heterocycles. The highest BCUT2D eigenvalue weighted by molar-refractivity contribution is 5.59. The monoisotopic (exact) mass is 412 g/mol. The molecule has 0 unspecified atom stereocenters. The Bertz CT molecular complexity index is 1170. The highest BCUT2D eigenvalue weighted by Crippen LogP contribution is 2.33. The number of nitrogens with zero attached hydrogens (tertiary/aromatic N) is 4. The molecule has 4 aromatic rings. The number of benzene rings is 2. The Hall–Kier alpha value is -3.46. The molecule has 2 aromatic heterocycles. The third-order valence-corrected chi connectivity index (χ3v) is 5.00. The first-order valence-electron chi connectivity index (χ1n) is 9.21. The first-order chi connectivity index (χ1) is 14.5. The van der Waals surface area contributed by atoms with E-state index < -0.39 is 11.7 Å². The van der Waals surface area contributed by atoms with Crippen molar-refractivity contribution in [2.24, 2.45) is 0 Å². The van der Waals surface area contributed by atoms with Crippen LogP contribution in [0.1, 0.15) is 22.9 Å². The van der Waals surface area contributed by atoms with Crippen LogP contribution in [0.3, 0.4) is 0 Å². The Morgan fingerprint density at radius 1 is 1.00 bits per heavy atom. The Morgan fingerprint density at radius 2 is 1.77 bits per heavy atom. The fourth-order valence-corrected chi connectivity index (χ4v) is 3.42. The first-order valence-corrected chi connectivity index (χ1v) is 9.21. The van der Waals surface area contributed by atoms with Crippen LogP contribution in [0, 0.1) is 0 Å². The van der Waals surface area contributed by atoms with Crippen molar-refractivity contribution in [1.82, 2.24) is 19.7 Å². The molecule has 0 spiro atoms. The number of hydrogen-bond acceptors (Lipinski definition) is 5. The molecular formula is C21H15F3N4O2. The highest BCUT2D eigenvalue weighted by atomic mass is 19.4. The second kappa shape index (κ2) is 7.10. The molecule has 6 nitrogen and oxygen atoms in total. The van der Waals surface area contributed by atoms with E-state index >= 15 is 0 Å². The molecule has 0 aliphatic carbocycles. The van der Waals surface area contributed by atoms with Crippen molar-refractivity contribution in [3.8, 4) is 23.0 Å². The number of alkyl halides is 3. The summed E-state index contributed by atoms with van der Waals surface area (Å²) in [5.74, 6) is 0.389. The molecule has 2 aromatic carbocycles. The minimum atomic E-state index is -4.39. The zero-order valence-electron chi connectivity index (χ0n) is 15.5. The van der Waals surface area contributed by atoms with E-state index in [0.717, 1.165) is 23.4 Å². The van der Waals surface area contributed by atoms with Gasteiger partial charge in [0.25, 0.3) is 5.89 Å². The normalized spacial score (nSPS) is 16.4. The SMILES string of the molecule is FC(F)(F)c1ccc(-c2noc(-c3ncn4c3CO[C@@H](c3ccccc3)C4)n2)cc1. The quantitative estimate of drug-likeness (QED) is 0.479. The van der Waals surface area contributed by atoms with Gasteiger partial charge in [0.15, 0.2) is 5.69 Å². The van der Waals surface area contributed by atoms with Crippen LogP contribution in [0.4, 0.5) is 13.2 Å². The molecule has 9 heteroatoms. The van der Waals surface area contributed by atoms with Crippen molar-refractivity contribution in [3.05, 3.63) is 77.7 Å². The van der Waals surface area contributed by atoms with E-state index in [-0.39, 0.29) is 17.8 Å². The van der Waals surface area contributed by atoms with Crippen molar-refractivity contribution in [1.29, 1.82) is 0 Å². The van der Waals surface area contributed by atoms with E-state index in [4.69, 9.17) is 9.26 Å². The summed E-state index contributed by atoms with van der Waals surface area (Å²) in [6, 6.07) is 14.5. The second-order valence-electron chi connectivity index (χ2n) is 6.90. The lowest BCUT2D eigenvalue weighted by Gasteiger charge is -2.25. The van der Waals surface area contributed by atoms with Crippen molar-refractivity contribution in [2.45, 2.75) is 25.4 Å². The summed E-state index contributed by atoms with van der Waals surface area (Å²) in [6.45, 7) is 0.930. The highest BCUT2D eigenvalue weighted by Gasteiger charge is 2.30. The van der Waals surface area contributed by atoms with Crippen LogP contribution in [0.25, 0.3) is 23.0 Å². The fraction of sp³-hybridized carbons (Fsp3) is 0.190. The van der Waals surface area contributed by atoms with Crippen molar-refractivity contribution in [3.63, 3.8) is 0 Å². The van der Waals surface area contributed by atoms with Gasteiger partial charge in [-0.3, -0.25) is 0 Å². The fourth-order valence-electron chi connectivity index (χ4n) is 3.42. The van der Waals surface area contributed by atoms with Crippen LogP contribution >= 0.6 is 0 Å². The summed E-state index contributed by atoms with van der Waals surface area (Å²) in [6.07, 6.45) is -2.77. The summed E-state index contributed by atoms with van der Waals surface area (Å²) in [5.41, 5.74) is 2.09. The number of ether oxygens (including phenoxy) is 1. The number of rotatable bonds is 3. The van der Waals surface area contributed by atoms with E-state index in [9.17, 15) is 13.2 Å². The molecular weight excluding hydrogens is 397 g/mol. The summed E-state index contributed by atoms with van der Waals surface area (Å²) < 4.78 is 51.5. The number of fused-ring (bicyclic) bond motifs is 1. The van der Waals surface area contributed by atoms with Gasteiger partial charge in [0, 0.05) is 5.56 Å². The lowest BCUT2D eigenvalue weighted by Crippen LogP contribution is -2.20. The van der Waals surface area contributed by atoms with Gasteiger partial charge >= 0.3 is 6.18 Å². The van der Waals surface area contributed by atoms with Gasteiger partial charge in [-0.1, -0.05) is 47.6 Å². The molecule has 0 N–H and O–H groups in total. The maximum Gasteiger partial charge on any atom is 0.416 e. The lowest BCUT2D eigenvalue weighted by molar-refractivity contribution is -0.137. The van der Waals surface area contributed by atoms with Gasteiger partial charge in [-0.05, 0) is 17.7 Å². The van der Waals surface area contributed by atoms with Gasteiger partial charge in [0.2, 0.25) is 5.82 Å². The standard InChI is InChI=1S/C21H15F3N4O2/c22-21(23,24)15-8-6-14(7-9-15)19-26-20(30-27-19)18-16-11-29-17(10-28(16)12-25-18)13-4-2-1-3-5-13/h1-9,12,17H,10-11H2/t17-/m1/s1. The molecule has 152 valence electrons. The minimum absolute atomic E-state index is 0.0776. The molecule has 0 bridgehead atoms. The van der Waals surface area contributed by atoms with Crippen LogP contribution in [0.2, 0.25) is 0 Å². The predicted molar refractivity (Wildman–Crippen MR) is 99.9 cm³/mol. The summed E-state index contributed by atoms with van der Waals surface area (Å²) in [7, 11) is 0. The number of hydrogen-bond donors (Lipinski definition) is 0. The van der Waals surface area contributed by atoms with E-state index in [1.165, 1.54) is 12.1 Å². The third kappa shape index (κ3) is 3.37. The predicted octanol–water partition coefficient (Wildman–Crippen LogP) is 4.89. The zero-order valence-corrected chi connectivity index (χ0v) is 15.5. The van der Waals surface area contributed by atoms with Gasteiger partial charge in [-0.25, -0.2) is 4.98 Å². The molecule has 30 heavy (non-hydrogen) atoms. The van der Waals surface area contributed by atoms with E-state index in [0.29, 0.717) is 24.4 Å².